The van der Waals surface area contributed by atoms with Gasteiger partial charge in [-0.3, -0.25) is 23.7 Å². The van der Waals surface area contributed by atoms with E-state index in [0.717, 1.165) is 9.36 Å². The number of aliphatic hydroxyl groups excluding tert-OH is 1. The zero-order valence-electron chi connectivity index (χ0n) is 35.2. The van der Waals surface area contributed by atoms with Crippen LogP contribution in [-0.4, -0.2) is 119 Å². The topological polar surface area (TPSA) is 186 Å². The highest BCUT2D eigenvalue weighted by molar-refractivity contribution is 6.33. The number of alkyl halides is 6. The average molecular weight is 1010 g/mol. The van der Waals surface area contributed by atoms with Gasteiger partial charge >= 0.3 is 12.4 Å². The molecule has 354 valence electrons. The number of amides is 2. The Morgan fingerprint density at radius 1 is 0.697 bits per heavy atom. The van der Waals surface area contributed by atoms with Gasteiger partial charge in [-0.25, -0.2) is 0 Å². The van der Waals surface area contributed by atoms with Crippen molar-refractivity contribution in [1.82, 2.24) is 29.4 Å². The van der Waals surface area contributed by atoms with Crippen LogP contribution in [0.5, 0.6) is 11.5 Å². The number of carbonyl (C=O) groups excluding carboxylic acids is 3. The molecule has 2 amide bonds. The Balaban J connectivity index is 0.000000247. The van der Waals surface area contributed by atoms with Crippen LogP contribution < -0.4 is 19.3 Å². The number of aromatic nitrogens is 4. The van der Waals surface area contributed by atoms with E-state index in [0.29, 0.717) is 54.6 Å². The molecule has 1 atom stereocenters. The molecule has 2 saturated heterocycles. The number of anilines is 2. The number of methoxy groups -OCH3 is 2. The number of nitrogens with zero attached hydrogens (tertiary/aromatic N) is 10. The van der Waals surface area contributed by atoms with Crippen LogP contribution in [0.2, 0.25) is 20.1 Å². The maximum Gasteiger partial charge on any atom is 0.436 e. The van der Waals surface area contributed by atoms with Crippen molar-refractivity contribution in [3.05, 3.63) is 78.3 Å². The molecule has 4 aromatic rings. The number of ketones is 1. The van der Waals surface area contributed by atoms with E-state index >= 15 is 0 Å². The van der Waals surface area contributed by atoms with Crippen LogP contribution in [0.4, 0.5) is 37.7 Å². The first-order valence-electron chi connectivity index (χ1n) is 19.4. The van der Waals surface area contributed by atoms with E-state index < -0.39 is 64.0 Å². The van der Waals surface area contributed by atoms with Crippen molar-refractivity contribution in [1.29, 1.82) is 10.5 Å². The first-order chi connectivity index (χ1) is 30.9. The van der Waals surface area contributed by atoms with Crippen LogP contribution in [0.1, 0.15) is 44.8 Å². The molecule has 4 heterocycles. The second-order valence-electron chi connectivity index (χ2n) is 14.6. The summed E-state index contributed by atoms with van der Waals surface area (Å²) >= 11 is 23.7. The van der Waals surface area contributed by atoms with Crippen molar-refractivity contribution in [3.8, 4) is 23.6 Å². The minimum atomic E-state index is -4.72. The fourth-order valence-electron chi connectivity index (χ4n) is 7.05. The van der Waals surface area contributed by atoms with E-state index in [1.807, 2.05) is 9.80 Å². The number of hydrogen-bond acceptors (Lipinski definition) is 12. The Bertz CT molecular complexity index is 2580. The number of halogens is 10. The number of benzene rings is 2. The van der Waals surface area contributed by atoms with E-state index in [-0.39, 0.29) is 59.7 Å². The molecule has 2 aromatic heterocycles. The lowest BCUT2D eigenvalue weighted by Gasteiger charge is -2.37. The minimum absolute atomic E-state index is 0.0453. The summed E-state index contributed by atoms with van der Waals surface area (Å²) in [6, 6.07) is 9.33. The van der Waals surface area contributed by atoms with Crippen molar-refractivity contribution < 1.29 is 55.3 Å². The van der Waals surface area contributed by atoms with Gasteiger partial charge in [-0.05, 0) is 26.0 Å². The van der Waals surface area contributed by atoms with E-state index in [1.165, 1.54) is 50.0 Å². The fourth-order valence-corrected chi connectivity index (χ4v) is 8.02. The van der Waals surface area contributed by atoms with Gasteiger partial charge in [0.25, 0.3) is 5.78 Å². The molecule has 6 rings (SSSR count). The number of hydrogen-bond donors (Lipinski definition) is 1. The summed E-state index contributed by atoms with van der Waals surface area (Å²) < 4.78 is 90.4. The molecule has 2 aromatic carbocycles. The normalized spacial score (nSPS) is 14.8. The Labute approximate surface area is 392 Å². The number of nitriles is 2. The summed E-state index contributed by atoms with van der Waals surface area (Å²) in [4.78, 5) is 44.1. The molecular formula is C40H38Cl4F6N10O6. The molecule has 0 spiro atoms. The molecule has 2 aliphatic heterocycles. The van der Waals surface area contributed by atoms with Crippen LogP contribution in [0, 0.1) is 36.5 Å². The average Bonchev–Trinajstić information content (AvgIpc) is 3.74. The van der Waals surface area contributed by atoms with Gasteiger partial charge in [0.2, 0.25) is 11.8 Å². The summed E-state index contributed by atoms with van der Waals surface area (Å²) in [6.07, 6.45) is -10.8. The predicted octanol–water partition coefficient (Wildman–Crippen LogP) is 7.01. The van der Waals surface area contributed by atoms with Crippen LogP contribution in [0.25, 0.3) is 0 Å². The summed E-state index contributed by atoms with van der Waals surface area (Å²) in [7, 11) is 2.86. The summed E-state index contributed by atoms with van der Waals surface area (Å²) in [5.74, 6) is -0.902. The third kappa shape index (κ3) is 11.3. The maximum atomic E-state index is 13.0. The third-order valence-corrected chi connectivity index (χ3v) is 12.2. The maximum absolute atomic E-state index is 13.0. The van der Waals surface area contributed by atoms with Gasteiger partial charge < -0.3 is 34.2 Å². The Morgan fingerprint density at radius 2 is 1.09 bits per heavy atom. The summed E-state index contributed by atoms with van der Waals surface area (Å²) in [5, 5.41) is 34.6. The zero-order valence-corrected chi connectivity index (χ0v) is 38.2. The molecule has 1 unspecified atom stereocenters. The molecule has 66 heavy (non-hydrogen) atoms. The molecule has 2 fully saturated rings. The third-order valence-electron chi connectivity index (χ3n) is 10.7. The molecule has 2 aliphatic rings. The van der Waals surface area contributed by atoms with Crippen molar-refractivity contribution in [3.63, 3.8) is 0 Å². The molecule has 0 bridgehead atoms. The number of carbonyl (C=O) groups is 3. The largest absolute Gasteiger partial charge is 0.495 e. The second-order valence-corrected chi connectivity index (χ2v) is 16.1. The Hall–Kier alpha value is -5.65. The van der Waals surface area contributed by atoms with Gasteiger partial charge in [0.15, 0.2) is 17.5 Å². The van der Waals surface area contributed by atoms with E-state index in [2.05, 4.69) is 10.2 Å². The van der Waals surface area contributed by atoms with E-state index in [9.17, 15) is 45.8 Å². The lowest BCUT2D eigenvalue weighted by molar-refractivity contribution is -0.142. The van der Waals surface area contributed by atoms with E-state index in [1.54, 1.807) is 24.3 Å². The highest BCUT2D eigenvalue weighted by Gasteiger charge is 2.40. The van der Waals surface area contributed by atoms with Gasteiger partial charge in [0.1, 0.15) is 30.7 Å². The number of aliphatic hydroxyl groups is 1. The fraction of sp³-hybridized carbons (Fsp3) is 0.425. The highest BCUT2D eigenvalue weighted by Crippen LogP contribution is 2.39. The standard InChI is InChI=1S/C20H20Cl2F3N5O3.C20H18Cl2F3N5O3/c2*1-11-18(22)19(20(23,24)25)27-30(11)10-17(32)29-5-3-28(4-6-29)14-8-16(33-2)13(21)7-12(14)15(31)9-26/h7-8,15,31H,3-6,10H2,1-2H3;7-8H,3-6,10H2,1-2H3. The van der Waals surface area contributed by atoms with Crippen LogP contribution >= 0.6 is 46.4 Å². The van der Waals surface area contributed by atoms with Crippen LogP contribution in [-0.2, 0) is 35.0 Å². The van der Waals surface area contributed by atoms with Crippen molar-refractivity contribution >= 4 is 75.4 Å². The SMILES string of the molecule is COc1cc(N2CCN(C(=O)Cn3nc(C(F)(F)F)c(Cl)c3C)CC2)c(C(=O)C#N)cc1Cl.COc1cc(N2CCN(C(=O)Cn3nc(C(F)(F)F)c(Cl)c3C)CC2)c(C(O)C#N)cc1Cl. The van der Waals surface area contributed by atoms with Gasteiger partial charge in [-0.2, -0.15) is 47.1 Å². The Kier molecular flexibility index (Phi) is 16.2. The monoisotopic (exact) mass is 1010 g/mol. The van der Waals surface area contributed by atoms with Crippen LogP contribution in [0.3, 0.4) is 0 Å². The molecule has 1 N–H and O–H groups in total. The first-order valence-corrected chi connectivity index (χ1v) is 20.9. The molecule has 0 saturated carbocycles. The smallest absolute Gasteiger partial charge is 0.436 e. The number of piperazine rings is 2. The summed E-state index contributed by atoms with van der Waals surface area (Å²) in [6.45, 7) is 4.31. The summed E-state index contributed by atoms with van der Waals surface area (Å²) in [5.41, 5.74) is -0.941. The van der Waals surface area contributed by atoms with Crippen molar-refractivity contribution in [2.24, 2.45) is 0 Å². The zero-order chi connectivity index (χ0) is 49.0. The molecule has 16 nitrogen and oxygen atoms in total. The van der Waals surface area contributed by atoms with E-state index in [4.69, 9.17) is 66.4 Å². The lowest BCUT2D eigenvalue weighted by Crippen LogP contribution is -2.50. The van der Waals surface area contributed by atoms with Crippen LogP contribution in [0.15, 0.2) is 24.3 Å². The molecule has 0 radical (unpaired) electrons. The quantitative estimate of drug-likeness (QED) is 0.0743. The molecule has 0 aliphatic carbocycles. The number of ether oxygens (including phenoxy) is 2. The van der Waals surface area contributed by atoms with Gasteiger partial charge in [0, 0.05) is 75.7 Å². The second kappa shape index (κ2) is 20.9. The Morgan fingerprint density at radius 3 is 1.45 bits per heavy atom. The first kappa shape index (κ1) is 51.3. The molecule has 26 heteroatoms. The van der Waals surface area contributed by atoms with Gasteiger partial charge in [-0.15, -0.1) is 0 Å². The lowest BCUT2D eigenvalue weighted by atomic mass is 10.1. The predicted molar refractivity (Wildman–Crippen MR) is 228 cm³/mol. The van der Waals surface area contributed by atoms with Gasteiger partial charge in [-0.1, -0.05) is 46.4 Å². The number of Topliss-reactive ketones (excluding diaryl/α,β-unsaturated/α-hetero) is 1. The minimum Gasteiger partial charge on any atom is -0.495 e. The van der Waals surface area contributed by atoms with Gasteiger partial charge in [0.05, 0.1) is 63.0 Å². The molecular weight excluding hydrogens is 972 g/mol. The highest BCUT2D eigenvalue weighted by atomic mass is 35.5. The number of rotatable bonds is 10. The van der Waals surface area contributed by atoms with Crippen molar-refractivity contribution in [2.45, 2.75) is 45.4 Å². The van der Waals surface area contributed by atoms with Crippen molar-refractivity contribution in [2.75, 3.05) is 76.4 Å².